The van der Waals surface area contributed by atoms with Crippen LogP contribution in [0.5, 0.6) is 0 Å². The molecule has 3 saturated heterocycles. The fourth-order valence-electron chi connectivity index (χ4n) is 6.31. The topological polar surface area (TPSA) is 132 Å². The number of H-pyrrole nitrogens is 1. The van der Waals surface area contributed by atoms with Crippen molar-refractivity contribution in [3.8, 4) is 0 Å². The van der Waals surface area contributed by atoms with Gasteiger partial charge < -0.3 is 19.7 Å². The molecular formula is C30H36ClN7O5S. The van der Waals surface area contributed by atoms with E-state index in [1.807, 2.05) is 0 Å². The number of carbonyl (C=O) groups excluding carboxylic acids is 2. The number of piperazine rings is 1. The molecule has 12 nitrogen and oxygen atoms in total. The van der Waals surface area contributed by atoms with Crippen molar-refractivity contribution in [2.75, 3.05) is 50.7 Å². The minimum absolute atomic E-state index is 0.106. The molecule has 2 unspecified atom stereocenters. The summed E-state index contributed by atoms with van der Waals surface area (Å²) >= 11 is 6.21. The van der Waals surface area contributed by atoms with Crippen molar-refractivity contribution in [2.24, 2.45) is 13.0 Å². The summed E-state index contributed by atoms with van der Waals surface area (Å²) in [6.45, 7) is 6.32. The first-order valence-corrected chi connectivity index (χ1v) is 16.7. The predicted molar refractivity (Wildman–Crippen MR) is 168 cm³/mol. The van der Waals surface area contributed by atoms with Crippen LogP contribution in [0.1, 0.15) is 30.1 Å². The molecule has 0 saturated carbocycles. The smallest absolute Gasteiger partial charge is 0.266 e. The third kappa shape index (κ3) is 5.64. The van der Waals surface area contributed by atoms with E-state index >= 15 is 0 Å². The number of halogens is 1. The Bertz CT molecular complexity index is 1760. The standard InChI is InChI=1S/C30H36ClN7O5S/c1-3-26(21-5-6-22-23(31)16-32-24(22)15-21)44(42,43)37-18-25(30(41)36-11-4-12-36)38(29(40)19-37)17-20-9-13-35(14-10-20)27-7-8-28(39)34(2)33-27/h3,5-8,15-16,20,25-26,32H,1,4,9-14,17-19H2,2H3. The summed E-state index contributed by atoms with van der Waals surface area (Å²) in [5, 5.41) is 4.55. The van der Waals surface area contributed by atoms with Crippen molar-refractivity contribution in [1.82, 2.24) is 28.9 Å². The van der Waals surface area contributed by atoms with E-state index in [1.165, 1.54) is 16.8 Å². The summed E-state index contributed by atoms with van der Waals surface area (Å²) in [7, 11) is -2.47. The van der Waals surface area contributed by atoms with E-state index in [9.17, 15) is 22.8 Å². The number of likely N-dealkylation sites (tertiary alicyclic amines) is 1. The first kappa shape index (κ1) is 30.4. The molecule has 234 valence electrons. The summed E-state index contributed by atoms with van der Waals surface area (Å²) < 4.78 is 30.5. The van der Waals surface area contributed by atoms with Gasteiger partial charge >= 0.3 is 0 Å². The second-order valence-corrected chi connectivity index (χ2v) is 14.2. The van der Waals surface area contributed by atoms with E-state index in [2.05, 4.69) is 21.6 Å². The predicted octanol–water partition coefficient (Wildman–Crippen LogP) is 2.13. The molecule has 1 aromatic carbocycles. The largest absolute Gasteiger partial charge is 0.360 e. The minimum Gasteiger partial charge on any atom is -0.360 e. The van der Waals surface area contributed by atoms with E-state index in [1.54, 1.807) is 47.3 Å². The van der Waals surface area contributed by atoms with Crippen LogP contribution in [0, 0.1) is 5.92 Å². The number of anilines is 1. The quantitative estimate of drug-likeness (QED) is 0.373. The monoisotopic (exact) mass is 641 g/mol. The van der Waals surface area contributed by atoms with Gasteiger partial charge in [0.2, 0.25) is 21.8 Å². The molecule has 0 aliphatic carbocycles. The van der Waals surface area contributed by atoms with Gasteiger partial charge in [-0.1, -0.05) is 29.8 Å². The summed E-state index contributed by atoms with van der Waals surface area (Å²) in [4.78, 5) is 47.5. The molecule has 3 aromatic rings. The van der Waals surface area contributed by atoms with Crippen LogP contribution in [0.4, 0.5) is 5.82 Å². The number of fused-ring (bicyclic) bond motifs is 1. The van der Waals surface area contributed by atoms with E-state index in [4.69, 9.17) is 11.6 Å². The Morgan fingerprint density at radius 1 is 1.16 bits per heavy atom. The molecule has 0 bridgehead atoms. The van der Waals surface area contributed by atoms with Crippen LogP contribution in [0.15, 0.2) is 54.0 Å². The number of hydrogen-bond donors (Lipinski definition) is 1. The zero-order valence-electron chi connectivity index (χ0n) is 24.6. The number of rotatable bonds is 8. The maximum Gasteiger partial charge on any atom is 0.266 e. The highest BCUT2D eigenvalue weighted by atomic mass is 35.5. The first-order chi connectivity index (χ1) is 21.1. The van der Waals surface area contributed by atoms with Gasteiger partial charge in [0.15, 0.2) is 0 Å². The third-order valence-electron chi connectivity index (χ3n) is 9.06. The molecule has 3 fully saturated rings. The molecule has 1 N–H and O–H groups in total. The summed E-state index contributed by atoms with van der Waals surface area (Å²) in [5.74, 6) is 0.267. The average molecular weight is 642 g/mol. The van der Waals surface area contributed by atoms with Gasteiger partial charge in [0.25, 0.3) is 5.56 Å². The average Bonchev–Trinajstić information content (AvgIpc) is 3.34. The lowest BCUT2D eigenvalue weighted by atomic mass is 9.94. The Morgan fingerprint density at radius 3 is 2.57 bits per heavy atom. The SMILES string of the molecule is C=CC(c1ccc2c(Cl)c[nH]c2c1)S(=O)(=O)N1CC(=O)N(CC2CCN(c3ccc(=O)n(C)n3)CC2)C(C(=O)N2CCC2)C1. The van der Waals surface area contributed by atoms with Gasteiger partial charge in [0.05, 0.1) is 11.6 Å². The Labute approximate surface area is 260 Å². The Hall–Kier alpha value is -3.68. The molecule has 0 radical (unpaired) electrons. The lowest BCUT2D eigenvalue weighted by Crippen LogP contribution is -2.65. The van der Waals surface area contributed by atoms with Crippen molar-refractivity contribution in [2.45, 2.75) is 30.6 Å². The molecule has 3 aliphatic heterocycles. The minimum atomic E-state index is -4.09. The highest BCUT2D eigenvalue weighted by Gasteiger charge is 2.46. The van der Waals surface area contributed by atoms with Crippen LogP contribution in [0.3, 0.4) is 0 Å². The zero-order valence-corrected chi connectivity index (χ0v) is 26.1. The highest BCUT2D eigenvalue weighted by Crippen LogP contribution is 2.33. The molecule has 14 heteroatoms. The van der Waals surface area contributed by atoms with Crippen molar-refractivity contribution < 1.29 is 18.0 Å². The molecule has 5 heterocycles. The lowest BCUT2D eigenvalue weighted by molar-refractivity contribution is -0.152. The van der Waals surface area contributed by atoms with Gasteiger partial charge in [-0.2, -0.15) is 9.40 Å². The number of piperidine rings is 1. The van der Waals surface area contributed by atoms with Crippen molar-refractivity contribution >= 4 is 50.2 Å². The second kappa shape index (κ2) is 12.0. The number of aromatic amines is 1. The number of nitrogens with zero attached hydrogens (tertiary/aromatic N) is 6. The third-order valence-corrected chi connectivity index (χ3v) is 11.5. The van der Waals surface area contributed by atoms with E-state index in [-0.39, 0.29) is 36.4 Å². The maximum atomic E-state index is 14.0. The van der Waals surface area contributed by atoms with Gasteiger partial charge in [-0.25, -0.2) is 13.1 Å². The van der Waals surface area contributed by atoms with Gasteiger partial charge in [-0.3, -0.25) is 14.4 Å². The number of carbonyl (C=O) groups is 2. The summed E-state index contributed by atoms with van der Waals surface area (Å²) in [6.07, 6.45) is 5.42. The Balaban J connectivity index is 1.19. The fourth-order valence-corrected chi connectivity index (χ4v) is 8.22. The maximum absolute atomic E-state index is 14.0. The highest BCUT2D eigenvalue weighted by molar-refractivity contribution is 7.89. The Kier molecular flexibility index (Phi) is 8.29. The van der Waals surface area contributed by atoms with Crippen molar-refractivity contribution in [1.29, 1.82) is 0 Å². The molecule has 44 heavy (non-hydrogen) atoms. The van der Waals surface area contributed by atoms with Crippen LogP contribution in [-0.4, -0.2) is 101 Å². The first-order valence-electron chi connectivity index (χ1n) is 14.8. The van der Waals surface area contributed by atoms with Crippen LogP contribution < -0.4 is 10.5 Å². The number of aryl methyl sites for hydroxylation is 1. The number of aromatic nitrogens is 3. The normalized spacial score (nSPS) is 21.0. The van der Waals surface area contributed by atoms with Gasteiger partial charge in [-0.15, -0.1) is 6.58 Å². The molecule has 2 atom stereocenters. The zero-order chi connectivity index (χ0) is 31.2. The second-order valence-electron chi connectivity index (χ2n) is 11.8. The van der Waals surface area contributed by atoms with E-state index in [0.717, 1.165) is 34.8 Å². The molecule has 2 amide bonds. The molecule has 0 spiro atoms. The number of hydrogen-bond acceptors (Lipinski definition) is 7. The van der Waals surface area contributed by atoms with Gasteiger partial charge in [-0.05, 0) is 42.9 Å². The fraction of sp³-hybridized carbons (Fsp3) is 0.467. The number of nitrogens with one attached hydrogen (secondary N) is 1. The van der Waals surface area contributed by atoms with Crippen LogP contribution in [-0.2, 0) is 26.7 Å². The van der Waals surface area contributed by atoms with E-state index in [0.29, 0.717) is 48.8 Å². The van der Waals surface area contributed by atoms with Crippen LogP contribution in [0.2, 0.25) is 5.02 Å². The number of sulfonamides is 1. The van der Waals surface area contributed by atoms with Crippen molar-refractivity contribution in [3.63, 3.8) is 0 Å². The van der Waals surface area contributed by atoms with Crippen LogP contribution in [0.25, 0.3) is 10.9 Å². The summed E-state index contributed by atoms with van der Waals surface area (Å²) in [6, 6.07) is 7.50. The van der Waals surface area contributed by atoms with Crippen molar-refractivity contribution in [3.05, 3.63) is 70.1 Å². The summed E-state index contributed by atoms with van der Waals surface area (Å²) in [5.41, 5.74) is 1.01. The molecule has 3 aliphatic rings. The number of amides is 2. The molecule has 6 rings (SSSR count). The van der Waals surface area contributed by atoms with Gasteiger partial charge in [0.1, 0.15) is 17.1 Å². The lowest BCUT2D eigenvalue weighted by Gasteiger charge is -2.45. The molecular weight excluding hydrogens is 606 g/mol. The molecule has 2 aromatic heterocycles. The number of benzene rings is 1. The van der Waals surface area contributed by atoms with Crippen LogP contribution >= 0.6 is 11.6 Å². The Morgan fingerprint density at radius 2 is 1.91 bits per heavy atom. The van der Waals surface area contributed by atoms with Gasteiger partial charge in [0, 0.05) is 69.5 Å². The van der Waals surface area contributed by atoms with E-state index < -0.39 is 21.3 Å².